The monoisotopic (exact) mass is 320 g/mol. The van der Waals surface area contributed by atoms with Crippen LogP contribution >= 0.6 is 0 Å². The number of ether oxygens (including phenoxy) is 2. The Morgan fingerprint density at radius 3 is 2.57 bits per heavy atom. The normalized spacial score (nSPS) is 13.8. The Labute approximate surface area is 136 Å². The van der Waals surface area contributed by atoms with Crippen molar-refractivity contribution in [2.45, 2.75) is 40.3 Å². The second kappa shape index (κ2) is 7.35. The standard InChI is InChI=1S/C17H24N2O4/c1-5-19(17(21)16(11(2)3)18-12(4)20)9-13-6-7-14-15(8-13)23-10-22-14/h6-8,11,16H,5,9-10H2,1-4H3,(H,18,20). The van der Waals surface area contributed by atoms with Crippen LogP contribution in [0.3, 0.4) is 0 Å². The number of nitrogens with zero attached hydrogens (tertiary/aromatic N) is 1. The molecule has 1 aliphatic heterocycles. The molecular formula is C17H24N2O4. The molecule has 0 saturated carbocycles. The van der Waals surface area contributed by atoms with Crippen molar-refractivity contribution in [3.05, 3.63) is 23.8 Å². The molecule has 1 aromatic carbocycles. The number of carbonyl (C=O) groups is 2. The number of amides is 2. The molecule has 0 spiro atoms. The van der Waals surface area contributed by atoms with Crippen molar-refractivity contribution < 1.29 is 19.1 Å². The Kier molecular flexibility index (Phi) is 5.47. The van der Waals surface area contributed by atoms with Gasteiger partial charge in [-0.1, -0.05) is 19.9 Å². The first kappa shape index (κ1) is 17.1. The van der Waals surface area contributed by atoms with Gasteiger partial charge in [0.2, 0.25) is 18.6 Å². The highest BCUT2D eigenvalue weighted by atomic mass is 16.7. The molecule has 2 amide bonds. The molecule has 126 valence electrons. The summed E-state index contributed by atoms with van der Waals surface area (Å²) in [6.07, 6.45) is 0. The summed E-state index contributed by atoms with van der Waals surface area (Å²) in [5.41, 5.74) is 0.967. The Balaban J connectivity index is 2.11. The minimum atomic E-state index is -0.513. The highest BCUT2D eigenvalue weighted by Gasteiger charge is 2.27. The van der Waals surface area contributed by atoms with Gasteiger partial charge in [0.25, 0.3) is 0 Å². The second-order valence-corrected chi connectivity index (χ2v) is 5.96. The zero-order chi connectivity index (χ0) is 17.0. The number of benzene rings is 1. The average Bonchev–Trinajstić information content (AvgIpc) is 2.96. The van der Waals surface area contributed by atoms with Gasteiger partial charge in [0.05, 0.1) is 0 Å². The highest BCUT2D eigenvalue weighted by Crippen LogP contribution is 2.32. The Morgan fingerprint density at radius 2 is 1.96 bits per heavy atom. The molecule has 0 radical (unpaired) electrons. The summed E-state index contributed by atoms with van der Waals surface area (Å²) < 4.78 is 10.7. The van der Waals surface area contributed by atoms with E-state index in [1.54, 1.807) is 4.90 Å². The van der Waals surface area contributed by atoms with Gasteiger partial charge in [-0.05, 0) is 30.5 Å². The topological polar surface area (TPSA) is 67.9 Å². The van der Waals surface area contributed by atoms with Gasteiger partial charge in [0, 0.05) is 20.0 Å². The van der Waals surface area contributed by atoms with E-state index in [2.05, 4.69) is 5.32 Å². The molecule has 0 aliphatic carbocycles. The molecule has 0 saturated heterocycles. The van der Waals surface area contributed by atoms with Gasteiger partial charge in [-0.2, -0.15) is 0 Å². The number of likely N-dealkylation sites (N-methyl/N-ethyl adjacent to an activating group) is 1. The summed E-state index contributed by atoms with van der Waals surface area (Å²) in [6.45, 7) is 8.46. The first-order valence-electron chi connectivity index (χ1n) is 7.86. The minimum absolute atomic E-state index is 0.0252. The van der Waals surface area contributed by atoms with Crippen molar-refractivity contribution in [3.63, 3.8) is 0 Å². The minimum Gasteiger partial charge on any atom is -0.454 e. The predicted octanol–water partition coefficient (Wildman–Crippen LogP) is 1.92. The van der Waals surface area contributed by atoms with Gasteiger partial charge in [0.1, 0.15) is 6.04 Å². The lowest BCUT2D eigenvalue weighted by molar-refractivity contribution is -0.137. The molecule has 6 nitrogen and oxygen atoms in total. The third-order valence-electron chi connectivity index (χ3n) is 3.80. The van der Waals surface area contributed by atoms with Crippen LogP contribution in [0.25, 0.3) is 0 Å². The Bertz CT molecular complexity index is 586. The van der Waals surface area contributed by atoms with E-state index >= 15 is 0 Å². The smallest absolute Gasteiger partial charge is 0.245 e. The van der Waals surface area contributed by atoms with E-state index in [-0.39, 0.29) is 24.5 Å². The fourth-order valence-electron chi connectivity index (χ4n) is 2.53. The van der Waals surface area contributed by atoms with Crippen LogP contribution in [0.4, 0.5) is 0 Å². The predicted molar refractivity (Wildman–Crippen MR) is 86.1 cm³/mol. The van der Waals surface area contributed by atoms with Crippen LogP contribution in [-0.4, -0.2) is 36.1 Å². The second-order valence-electron chi connectivity index (χ2n) is 5.96. The zero-order valence-electron chi connectivity index (χ0n) is 14.1. The number of hydrogen-bond acceptors (Lipinski definition) is 4. The lowest BCUT2D eigenvalue weighted by atomic mass is 10.0. The Hall–Kier alpha value is -2.24. The summed E-state index contributed by atoms with van der Waals surface area (Å²) in [5.74, 6) is 1.18. The van der Waals surface area contributed by atoms with E-state index in [0.29, 0.717) is 18.8 Å². The third-order valence-corrected chi connectivity index (χ3v) is 3.80. The van der Waals surface area contributed by atoms with Crippen molar-refractivity contribution in [2.75, 3.05) is 13.3 Å². The van der Waals surface area contributed by atoms with Gasteiger partial charge < -0.3 is 19.7 Å². The lowest BCUT2D eigenvalue weighted by Gasteiger charge is -2.29. The van der Waals surface area contributed by atoms with Crippen LogP contribution in [0.1, 0.15) is 33.3 Å². The molecule has 6 heteroatoms. The molecule has 2 rings (SSSR count). The molecule has 0 bridgehead atoms. The molecule has 1 atom stereocenters. The summed E-state index contributed by atoms with van der Waals surface area (Å²) in [6, 6.07) is 5.15. The van der Waals surface area contributed by atoms with Crippen LogP contribution < -0.4 is 14.8 Å². The van der Waals surface area contributed by atoms with E-state index in [9.17, 15) is 9.59 Å². The summed E-state index contributed by atoms with van der Waals surface area (Å²) in [4.78, 5) is 25.8. The fraction of sp³-hybridized carbons (Fsp3) is 0.529. The maximum Gasteiger partial charge on any atom is 0.245 e. The summed E-state index contributed by atoms with van der Waals surface area (Å²) in [5, 5.41) is 2.75. The maximum absolute atomic E-state index is 12.7. The number of nitrogens with one attached hydrogen (secondary N) is 1. The van der Waals surface area contributed by atoms with Gasteiger partial charge in [-0.3, -0.25) is 9.59 Å². The summed E-state index contributed by atoms with van der Waals surface area (Å²) in [7, 11) is 0. The maximum atomic E-state index is 12.7. The fourth-order valence-corrected chi connectivity index (χ4v) is 2.53. The SMILES string of the molecule is CCN(Cc1ccc2c(c1)OCO2)C(=O)C(NC(C)=O)C(C)C. The van der Waals surface area contributed by atoms with E-state index in [0.717, 1.165) is 11.3 Å². The van der Waals surface area contributed by atoms with E-state index in [1.165, 1.54) is 6.92 Å². The van der Waals surface area contributed by atoms with E-state index in [1.807, 2.05) is 39.0 Å². The van der Waals surface area contributed by atoms with Crippen LogP contribution in [0.15, 0.2) is 18.2 Å². The highest BCUT2D eigenvalue weighted by molar-refractivity contribution is 5.87. The lowest BCUT2D eigenvalue weighted by Crippen LogP contribution is -2.50. The molecule has 0 aromatic heterocycles. The number of rotatable bonds is 6. The van der Waals surface area contributed by atoms with Crippen LogP contribution in [0.5, 0.6) is 11.5 Å². The van der Waals surface area contributed by atoms with Gasteiger partial charge in [0.15, 0.2) is 11.5 Å². The molecule has 1 N–H and O–H groups in total. The van der Waals surface area contributed by atoms with Crippen molar-refractivity contribution in [2.24, 2.45) is 5.92 Å². The molecule has 23 heavy (non-hydrogen) atoms. The first-order chi connectivity index (χ1) is 10.9. The van der Waals surface area contributed by atoms with Crippen LogP contribution in [0.2, 0.25) is 0 Å². The number of hydrogen-bond donors (Lipinski definition) is 1. The zero-order valence-corrected chi connectivity index (χ0v) is 14.1. The first-order valence-corrected chi connectivity index (χ1v) is 7.86. The van der Waals surface area contributed by atoms with Gasteiger partial charge in [-0.25, -0.2) is 0 Å². The molecule has 0 fully saturated rings. The quantitative estimate of drug-likeness (QED) is 0.869. The van der Waals surface area contributed by atoms with E-state index < -0.39 is 6.04 Å². The van der Waals surface area contributed by atoms with Gasteiger partial charge in [-0.15, -0.1) is 0 Å². The molecule has 1 heterocycles. The number of carbonyl (C=O) groups excluding carboxylic acids is 2. The molecule has 1 aliphatic rings. The average molecular weight is 320 g/mol. The Morgan fingerprint density at radius 1 is 1.26 bits per heavy atom. The molecular weight excluding hydrogens is 296 g/mol. The van der Waals surface area contributed by atoms with Crippen molar-refractivity contribution in [1.29, 1.82) is 0 Å². The largest absolute Gasteiger partial charge is 0.454 e. The van der Waals surface area contributed by atoms with Crippen molar-refractivity contribution >= 4 is 11.8 Å². The van der Waals surface area contributed by atoms with Crippen molar-refractivity contribution in [3.8, 4) is 11.5 Å². The van der Waals surface area contributed by atoms with E-state index in [4.69, 9.17) is 9.47 Å². The number of fused-ring (bicyclic) bond motifs is 1. The van der Waals surface area contributed by atoms with Gasteiger partial charge >= 0.3 is 0 Å². The van der Waals surface area contributed by atoms with Crippen molar-refractivity contribution in [1.82, 2.24) is 10.2 Å². The summed E-state index contributed by atoms with van der Waals surface area (Å²) >= 11 is 0. The van der Waals surface area contributed by atoms with Crippen LogP contribution in [-0.2, 0) is 16.1 Å². The van der Waals surface area contributed by atoms with Crippen LogP contribution in [0, 0.1) is 5.92 Å². The molecule has 1 unspecified atom stereocenters. The molecule has 1 aromatic rings. The third kappa shape index (κ3) is 4.15.